The predicted octanol–water partition coefficient (Wildman–Crippen LogP) is 4.42. The molecule has 26 heavy (non-hydrogen) atoms. The molecule has 1 aromatic heterocycles. The van der Waals surface area contributed by atoms with Crippen molar-refractivity contribution >= 4 is 10.1 Å². The van der Waals surface area contributed by atoms with Crippen LogP contribution in [0.1, 0.15) is 40.8 Å². The maximum atomic E-state index is 10.5. The van der Waals surface area contributed by atoms with E-state index in [1.807, 2.05) is 13.1 Å². The second kappa shape index (κ2) is 8.29. The number of rotatable bonds is 3. The van der Waals surface area contributed by atoms with Gasteiger partial charge in [-0.15, -0.1) is 0 Å². The summed E-state index contributed by atoms with van der Waals surface area (Å²) in [7, 11) is -4.02. The van der Waals surface area contributed by atoms with Gasteiger partial charge in [0, 0.05) is 12.1 Å². The minimum Gasteiger partial charge on any atom is -0.351 e. The highest BCUT2D eigenvalue weighted by atomic mass is 32.2. The molecule has 138 valence electrons. The fraction of sp³-hybridized carbons (Fsp3) is 0.250. The summed E-state index contributed by atoms with van der Waals surface area (Å²) in [4.78, 5) is 7.24. The summed E-state index contributed by atoms with van der Waals surface area (Å²) >= 11 is 0. The van der Waals surface area contributed by atoms with Gasteiger partial charge >= 0.3 is 0 Å². The quantitative estimate of drug-likeness (QED) is 0.667. The van der Waals surface area contributed by atoms with E-state index in [2.05, 4.69) is 48.9 Å². The van der Waals surface area contributed by atoms with Crippen LogP contribution < -0.4 is 0 Å². The third kappa shape index (κ3) is 5.03. The molecule has 0 saturated carbocycles. The number of aryl methyl sites for hydroxylation is 2. The van der Waals surface area contributed by atoms with E-state index in [-0.39, 0.29) is 4.90 Å². The first-order valence-corrected chi connectivity index (χ1v) is 9.73. The van der Waals surface area contributed by atoms with Crippen LogP contribution in [0.4, 0.5) is 0 Å². The lowest BCUT2D eigenvalue weighted by molar-refractivity contribution is 0.483. The van der Waals surface area contributed by atoms with E-state index in [9.17, 15) is 8.42 Å². The Balaban J connectivity index is 0.000000197. The number of nitrogens with one attached hydrogen (secondary N) is 1. The third-order valence-electron chi connectivity index (χ3n) is 4.39. The minimum atomic E-state index is -4.02. The van der Waals surface area contributed by atoms with Crippen LogP contribution in [0.25, 0.3) is 0 Å². The molecule has 6 heteroatoms. The lowest BCUT2D eigenvalue weighted by atomic mass is 9.92. The molecule has 1 heterocycles. The van der Waals surface area contributed by atoms with Crippen LogP contribution >= 0.6 is 0 Å². The summed E-state index contributed by atoms with van der Waals surface area (Å²) in [5, 5.41) is 0. The maximum absolute atomic E-state index is 10.5. The van der Waals surface area contributed by atoms with Crippen molar-refractivity contribution in [1.82, 2.24) is 9.97 Å². The average Bonchev–Trinajstić information content (AvgIpc) is 3.11. The van der Waals surface area contributed by atoms with Crippen LogP contribution in [0.5, 0.6) is 0 Å². The van der Waals surface area contributed by atoms with E-state index in [1.165, 1.54) is 28.8 Å². The molecule has 0 spiro atoms. The first-order chi connectivity index (χ1) is 12.2. The molecule has 0 aliphatic heterocycles. The van der Waals surface area contributed by atoms with Gasteiger partial charge in [0.05, 0.1) is 16.9 Å². The minimum absolute atomic E-state index is 0.0666. The first-order valence-electron chi connectivity index (χ1n) is 8.29. The monoisotopic (exact) mass is 372 g/mol. The van der Waals surface area contributed by atoms with Crippen molar-refractivity contribution in [1.29, 1.82) is 0 Å². The maximum Gasteiger partial charge on any atom is 0.294 e. The van der Waals surface area contributed by atoms with E-state index in [4.69, 9.17) is 4.55 Å². The Bertz CT molecular complexity index is 947. The van der Waals surface area contributed by atoms with Crippen LogP contribution in [0.2, 0.25) is 0 Å². The second-order valence-corrected chi connectivity index (χ2v) is 7.71. The second-order valence-electron chi connectivity index (χ2n) is 6.29. The van der Waals surface area contributed by atoms with Gasteiger partial charge in [-0.05, 0) is 49.6 Å². The normalized spacial score (nSPS) is 12.2. The Hall–Kier alpha value is -2.44. The predicted molar refractivity (Wildman–Crippen MR) is 103 cm³/mol. The molecule has 3 rings (SSSR count). The molecule has 0 amide bonds. The van der Waals surface area contributed by atoms with Gasteiger partial charge in [-0.25, -0.2) is 4.98 Å². The van der Waals surface area contributed by atoms with Crippen molar-refractivity contribution < 1.29 is 13.0 Å². The highest BCUT2D eigenvalue weighted by molar-refractivity contribution is 7.85. The third-order valence-corrected chi connectivity index (χ3v) is 5.26. The SMILES string of the molecule is Cc1ccc(S(=O)(=O)O)cc1.Cc1cccc(C(C)c2c[nH]cn2)c1C. The van der Waals surface area contributed by atoms with E-state index < -0.39 is 10.1 Å². The summed E-state index contributed by atoms with van der Waals surface area (Å²) in [6, 6.07) is 12.4. The largest absolute Gasteiger partial charge is 0.351 e. The molecule has 0 saturated heterocycles. The Morgan fingerprint density at radius 1 is 1.04 bits per heavy atom. The number of imidazole rings is 1. The zero-order chi connectivity index (χ0) is 19.3. The number of benzene rings is 2. The van der Waals surface area contributed by atoms with Crippen LogP contribution in [-0.2, 0) is 10.1 Å². The summed E-state index contributed by atoms with van der Waals surface area (Å²) < 4.78 is 29.6. The Morgan fingerprint density at radius 2 is 1.69 bits per heavy atom. The van der Waals surface area contributed by atoms with Gasteiger partial charge in [-0.1, -0.05) is 42.8 Å². The molecular weight excluding hydrogens is 348 g/mol. The molecule has 0 aliphatic carbocycles. The fourth-order valence-corrected chi connectivity index (χ4v) is 3.10. The molecule has 0 bridgehead atoms. The van der Waals surface area contributed by atoms with Gasteiger partial charge in [0.1, 0.15) is 0 Å². The molecule has 1 unspecified atom stereocenters. The summed E-state index contributed by atoms with van der Waals surface area (Å²) in [5.74, 6) is 0.358. The smallest absolute Gasteiger partial charge is 0.294 e. The van der Waals surface area contributed by atoms with Gasteiger partial charge in [-0.2, -0.15) is 8.42 Å². The van der Waals surface area contributed by atoms with Crippen molar-refractivity contribution in [3.05, 3.63) is 82.9 Å². The van der Waals surface area contributed by atoms with Crippen molar-refractivity contribution in [3.8, 4) is 0 Å². The molecule has 5 nitrogen and oxygen atoms in total. The molecule has 0 aliphatic rings. The van der Waals surface area contributed by atoms with Crippen LogP contribution in [0.3, 0.4) is 0 Å². The highest BCUT2D eigenvalue weighted by Gasteiger charge is 2.13. The molecule has 2 N–H and O–H groups in total. The Kier molecular flexibility index (Phi) is 6.34. The summed E-state index contributed by atoms with van der Waals surface area (Å²) in [6.45, 7) is 8.36. The number of aromatic nitrogens is 2. The zero-order valence-corrected chi connectivity index (χ0v) is 16.2. The number of H-pyrrole nitrogens is 1. The zero-order valence-electron chi connectivity index (χ0n) is 15.4. The standard InChI is InChI=1S/C13H16N2.C7H8O3S/c1-9-5-4-6-12(10(9)2)11(3)13-7-14-8-15-13;1-6-2-4-7(5-3-6)11(8,9)10/h4-8,11H,1-3H3,(H,14,15);2-5H,1H3,(H,8,9,10). The van der Waals surface area contributed by atoms with Crippen LogP contribution in [-0.4, -0.2) is 22.9 Å². The van der Waals surface area contributed by atoms with Gasteiger partial charge in [0.15, 0.2) is 0 Å². The van der Waals surface area contributed by atoms with Gasteiger partial charge in [0.25, 0.3) is 10.1 Å². The lowest BCUT2D eigenvalue weighted by Crippen LogP contribution is -2.00. The van der Waals surface area contributed by atoms with Gasteiger partial charge in [-0.3, -0.25) is 4.55 Å². The highest BCUT2D eigenvalue weighted by Crippen LogP contribution is 2.26. The van der Waals surface area contributed by atoms with Crippen molar-refractivity contribution in [2.24, 2.45) is 0 Å². The van der Waals surface area contributed by atoms with E-state index >= 15 is 0 Å². The van der Waals surface area contributed by atoms with Crippen molar-refractivity contribution in [2.45, 2.75) is 38.5 Å². The Morgan fingerprint density at radius 3 is 2.23 bits per heavy atom. The number of nitrogens with zero attached hydrogens (tertiary/aromatic N) is 1. The summed E-state index contributed by atoms with van der Waals surface area (Å²) in [5.41, 5.74) is 6.13. The molecule has 3 aromatic rings. The topological polar surface area (TPSA) is 83.0 Å². The van der Waals surface area contributed by atoms with Gasteiger partial charge in [0.2, 0.25) is 0 Å². The van der Waals surface area contributed by atoms with E-state index in [1.54, 1.807) is 18.5 Å². The van der Waals surface area contributed by atoms with Gasteiger partial charge < -0.3 is 4.98 Å². The van der Waals surface area contributed by atoms with Crippen molar-refractivity contribution in [3.63, 3.8) is 0 Å². The number of hydrogen-bond donors (Lipinski definition) is 2. The summed E-state index contributed by atoms with van der Waals surface area (Å²) in [6.07, 6.45) is 3.70. The molecule has 0 radical (unpaired) electrons. The fourth-order valence-electron chi connectivity index (χ4n) is 2.62. The number of aromatic amines is 1. The average molecular weight is 372 g/mol. The molecular formula is C20H24N2O3S. The molecule has 0 fully saturated rings. The van der Waals surface area contributed by atoms with Crippen LogP contribution in [0, 0.1) is 20.8 Å². The molecule has 2 aromatic carbocycles. The first kappa shape index (κ1) is 19.9. The Labute approximate surface area is 154 Å². The van der Waals surface area contributed by atoms with Crippen molar-refractivity contribution in [2.75, 3.05) is 0 Å². The van der Waals surface area contributed by atoms with E-state index in [0.717, 1.165) is 11.3 Å². The molecule has 1 atom stereocenters. The van der Waals surface area contributed by atoms with Crippen LogP contribution in [0.15, 0.2) is 59.9 Å². The lowest BCUT2D eigenvalue weighted by Gasteiger charge is -2.14. The number of hydrogen-bond acceptors (Lipinski definition) is 3. The van der Waals surface area contributed by atoms with E-state index in [0.29, 0.717) is 5.92 Å².